The van der Waals surface area contributed by atoms with E-state index in [1.807, 2.05) is 0 Å². The van der Waals surface area contributed by atoms with E-state index in [-0.39, 0.29) is 18.3 Å². The van der Waals surface area contributed by atoms with Crippen molar-refractivity contribution in [3.63, 3.8) is 0 Å². The highest BCUT2D eigenvalue weighted by Crippen LogP contribution is 2.36. The van der Waals surface area contributed by atoms with Crippen molar-refractivity contribution in [1.82, 2.24) is 4.90 Å². The Bertz CT molecular complexity index is 412. The number of nitrogens with zero attached hydrogens (tertiary/aromatic N) is 1. The van der Waals surface area contributed by atoms with Gasteiger partial charge in [-0.25, -0.2) is 0 Å². The Morgan fingerprint density at radius 3 is 2.17 bits per heavy atom. The molecule has 0 atom stereocenters. The van der Waals surface area contributed by atoms with Crippen LogP contribution in [0.4, 0.5) is 0 Å². The van der Waals surface area contributed by atoms with Crippen LogP contribution in [0.15, 0.2) is 12.1 Å². The predicted octanol–water partition coefficient (Wildman–Crippen LogP) is 2.11. The smallest absolute Gasteiger partial charge is 0.399 e. The van der Waals surface area contributed by atoms with Gasteiger partial charge in [0, 0.05) is 16.2 Å². The summed E-state index contributed by atoms with van der Waals surface area (Å²) in [5.74, 6) is 0. The van der Waals surface area contributed by atoms with Crippen LogP contribution in [0.3, 0.4) is 0 Å². The number of hydrogen-bond acceptors (Lipinski definition) is 4. The molecule has 0 aromatic carbocycles. The first-order valence-corrected chi connectivity index (χ1v) is 7.12. The van der Waals surface area contributed by atoms with Crippen molar-refractivity contribution in [2.24, 2.45) is 0 Å². The first kappa shape index (κ1) is 14.1. The molecule has 1 aliphatic heterocycles. The zero-order valence-electron chi connectivity index (χ0n) is 12.1. The molecule has 0 spiro atoms. The Morgan fingerprint density at radius 2 is 1.67 bits per heavy atom. The van der Waals surface area contributed by atoms with Crippen molar-refractivity contribution >= 4 is 23.2 Å². The molecule has 5 heteroatoms. The van der Waals surface area contributed by atoms with Crippen LogP contribution in [0.5, 0.6) is 0 Å². The second-order valence-corrected chi connectivity index (χ2v) is 7.33. The fraction of sp³-hybridized carbons (Fsp3) is 0.692. The summed E-state index contributed by atoms with van der Waals surface area (Å²) in [5, 5.41) is 0. The summed E-state index contributed by atoms with van der Waals surface area (Å²) in [6.07, 6.45) is 0. The molecule has 1 saturated heterocycles. The standard InChI is InChI=1S/C13H22BNO2S/c1-12(2)13(3,4)17-14(16-12)11-8-7-10(18-11)9-15(5)6/h7-8H,9H2,1-6H3. The zero-order valence-corrected chi connectivity index (χ0v) is 12.9. The molecule has 1 aliphatic rings. The quantitative estimate of drug-likeness (QED) is 0.783. The first-order valence-electron chi connectivity index (χ1n) is 6.30. The van der Waals surface area contributed by atoms with E-state index in [2.05, 4.69) is 58.8 Å². The van der Waals surface area contributed by atoms with E-state index in [4.69, 9.17) is 9.31 Å². The monoisotopic (exact) mass is 267 g/mol. The maximum Gasteiger partial charge on any atom is 0.505 e. The van der Waals surface area contributed by atoms with E-state index in [1.54, 1.807) is 11.3 Å². The second kappa shape index (κ2) is 4.64. The van der Waals surface area contributed by atoms with Gasteiger partial charge in [0.1, 0.15) is 0 Å². The van der Waals surface area contributed by atoms with Crippen LogP contribution in [-0.2, 0) is 15.9 Å². The van der Waals surface area contributed by atoms with Crippen molar-refractivity contribution in [3.8, 4) is 0 Å². The van der Waals surface area contributed by atoms with E-state index >= 15 is 0 Å². The lowest BCUT2D eigenvalue weighted by Crippen LogP contribution is -2.41. The first-order chi connectivity index (χ1) is 8.21. The van der Waals surface area contributed by atoms with Crippen LogP contribution in [0.2, 0.25) is 0 Å². The molecule has 0 N–H and O–H groups in total. The molecule has 1 aromatic rings. The summed E-state index contributed by atoms with van der Waals surface area (Å²) in [4.78, 5) is 3.50. The highest BCUT2D eigenvalue weighted by Gasteiger charge is 2.52. The van der Waals surface area contributed by atoms with Gasteiger partial charge >= 0.3 is 7.12 Å². The van der Waals surface area contributed by atoms with Gasteiger partial charge in [0.25, 0.3) is 0 Å². The van der Waals surface area contributed by atoms with E-state index in [0.717, 1.165) is 11.3 Å². The molecule has 100 valence electrons. The molecule has 0 saturated carbocycles. The van der Waals surface area contributed by atoms with Crippen LogP contribution in [0.25, 0.3) is 0 Å². The molecule has 0 radical (unpaired) electrons. The average molecular weight is 267 g/mol. The summed E-state index contributed by atoms with van der Waals surface area (Å²) >= 11 is 1.77. The largest absolute Gasteiger partial charge is 0.505 e. The summed E-state index contributed by atoms with van der Waals surface area (Å²) < 4.78 is 13.2. The summed E-state index contributed by atoms with van der Waals surface area (Å²) in [6, 6.07) is 4.27. The summed E-state index contributed by atoms with van der Waals surface area (Å²) in [6.45, 7) is 9.30. The van der Waals surface area contributed by atoms with Crippen LogP contribution < -0.4 is 4.78 Å². The second-order valence-electron chi connectivity index (χ2n) is 6.13. The third-order valence-corrected chi connectivity index (χ3v) is 4.73. The van der Waals surface area contributed by atoms with Crippen LogP contribution in [-0.4, -0.2) is 37.3 Å². The Morgan fingerprint density at radius 1 is 1.11 bits per heavy atom. The molecule has 18 heavy (non-hydrogen) atoms. The van der Waals surface area contributed by atoms with E-state index < -0.39 is 0 Å². The van der Waals surface area contributed by atoms with Crippen molar-refractivity contribution in [3.05, 3.63) is 17.0 Å². The van der Waals surface area contributed by atoms with Gasteiger partial charge in [-0.15, -0.1) is 11.3 Å². The molecule has 1 aromatic heterocycles. The normalized spacial score (nSPS) is 21.8. The maximum absolute atomic E-state index is 6.04. The number of rotatable bonds is 3. The van der Waals surface area contributed by atoms with Crippen molar-refractivity contribution in [2.75, 3.05) is 14.1 Å². The van der Waals surface area contributed by atoms with Crippen LogP contribution in [0.1, 0.15) is 32.6 Å². The van der Waals surface area contributed by atoms with Gasteiger partial charge in [0.15, 0.2) is 0 Å². The zero-order chi connectivity index (χ0) is 13.6. The van der Waals surface area contributed by atoms with Gasteiger partial charge in [-0.05, 0) is 47.9 Å². The number of hydrogen-bond donors (Lipinski definition) is 0. The molecule has 3 nitrogen and oxygen atoms in total. The van der Waals surface area contributed by atoms with Crippen LogP contribution >= 0.6 is 11.3 Å². The highest BCUT2D eigenvalue weighted by atomic mass is 32.1. The van der Waals surface area contributed by atoms with E-state index in [1.165, 1.54) is 4.88 Å². The van der Waals surface area contributed by atoms with Gasteiger partial charge in [-0.3, -0.25) is 0 Å². The molecule has 0 aliphatic carbocycles. The Kier molecular flexibility index (Phi) is 3.62. The van der Waals surface area contributed by atoms with Crippen molar-refractivity contribution in [2.45, 2.75) is 45.4 Å². The van der Waals surface area contributed by atoms with Gasteiger partial charge in [0.05, 0.1) is 11.2 Å². The van der Waals surface area contributed by atoms with Gasteiger partial charge in [-0.1, -0.05) is 6.07 Å². The van der Waals surface area contributed by atoms with Gasteiger partial charge in [0.2, 0.25) is 0 Å². The SMILES string of the molecule is CN(C)Cc1ccc(B2OC(C)(C)C(C)(C)O2)s1. The molecule has 1 fully saturated rings. The molecular weight excluding hydrogens is 245 g/mol. The predicted molar refractivity (Wildman–Crippen MR) is 77.4 cm³/mol. The highest BCUT2D eigenvalue weighted by molar-refractivity contribution is 7.22. The van der Waals surface area contributed by atoms with Crippen LogP contribution in [0, 0.1) is 0 Å². The third kappa shape index (κ3) is 2.64. The van der Waals surface area contributed by atoms with Gasteiger partial charge in [-0.2, -0.15) is 0 Å². The minimum absolute atomic E-state index is 0.226. The minimum Gasteiger partial charge on any atom is -0.399 e. The molecular formula is C13H22BNO2S. The molecule has 2 rings (SSSR count). The van der Waals surface area contributed by atoms with E-state index in [9.17, 15) is 0 Å². The Labute approximate surface area is 114 Å². The van der Waals surface area contributed by atoms with Crippen molar-refractivity contribution < 1.29 is 9.31 Å². The fourth-order valence-corrected chi connectivity index (χ4v) is 2.97. The summed E-state index contributed by atoms with van der Waals surface area (Å²) in [7, 11) is 3.93. The Balaban J connectivity index is 2.12. The molecule has 0 bridgehead atoms. The lowest BCUT2D eigenvalue weighted by molar-refractivity contribution is 0.00578. The molecule has 2 heterocycles. The Hall–Kier alpha value is -0.355. The topological polar surface area (TPSA) is 21.7 Å². The lowest BCUT2D eigenvalue weighted by Gasteiger charge is -2.32. The lowest BCUT2D eigenvalue weighted by atomic mass is 9.88. The van der Waals surface area contributed by atoms with Crippen molar-refractivity contribution in [1.29, 1.82) is 0 Å². The van der Waals surface area contributed by atoms with Gasteiger partial charge < -0.3 is 14.2 Å². The minimum atomic E-state index is -0.261. The summed E-state index contributed by atoms with van der Waals surface area (Å²) in [5.41, 5.74) is -0.521. The molecule has 0 amide bonds. The average Bonchev–Trinajstić information content (AvgIpc) is 2.70. The third-order valence-electron chi connectivity index (χ3n) is 3.64. The fourth-order valence-electron chi connectivity index (χ4n) is 1.88. The molecule has 0 unspecified atom stereocenters. The van der Waals surface area contributed by atoms with E-state index in [0.29, 0.717) is 0 Å². The number of thiophene rings is 1. The maximum atomic E-state index is 6.04.